The van der Waals surface area contributed by atoms with Gasteiger partial charge >= 0.3 is 5.97 Å². The summed E-state index contributed by atoms with van der Waals surface area (Å²) in [5, 5.41) is 8.80. The summed E-state index contributed by atoms with van der Waals surface area (Å²) in [6.07, 6.45) is 0. The highest BCUT2D eigenvalue weighted by atomic mass is 19.1. The number of nitrogens with two attached hydrogens (primary N) is 1. The van der Waals surface area contributed by atoms with E-state index in [2.05, 4.69) is 0 Å². The normalized spacial score (nSPS) is 10.4. The molecule has 0 bridgehead atoms. The molecule has 1 amide bonds. The molecule has 0 unspecified atom stereocenters. The second-order valence-corrected chi connectivity index (χ2v) is 4.29. The van der Waals surface area contributed by atoms with Crippen LogP contribution in [0.1, 0.15) is 32.2 Å². The summed E-state index contributed by atoms with van der Waals surface area (Å²) >= 11 is 0. The van der Waals surface area contributed by atoms with Gasteiger partial charge in [-0.05, 0) is 25.1 Å². The van der Waals surface area contributed by atoms with Crippen molar-refractivity contribution in [1.29, 1.82) is 0 Å². The highest BCUT2D eigenvalue weighted by molar-refractivity contribution is 5.93. The molecule has 1 aromatic carbocycles. The Labute approximate surface area is 118 Å². The van der Waals surface area contributed by atoms with E-state index in [0.717, 1.165) is 6.07 Å². The van der Waals surface area contributed by atoms with Gasteiger partial charge in [0.2, 0.25) is 5.76 Å². The van der Waals surface area contributed by atoms with Crippen molar-refractivity contribution in [2.45, 2.75) is 13.5 Å². The molecule has 0 spiro atoms. The molecule has 110 valence electrons. The summed E-state index contributed by atoms with van der Waals surface area (Å²) in [5.74, 6) is -2.43. The van der Waals surface area contributed by atoms with Crippen molar-refractivity contribution in [2.75, 3.05) is 0 Å². The number of carbonyl (C=O) groups excluding carboxylic acids is 1. The number of hydrogen-bond donors (Lipinski definition) is 2. The zero-order valence-corrected chi connectivity index (χ0v) is 11.1. The van der Waals surface area contributed by atoms with E-state index in [0.29, 0.717) is 11.3 Å². The smallest absolute Gasteiger partial charge is 0.371 e. The van der Waals surface area contributed by atoms with Crippen LogP contribution in [-0.2, 0) is 6.61 Å². The number of amides is 1. The molecule has 7 heteroatoms. The zero-order valence-electron chi connectivity index (χ0n) is 11.1. The van der Waals surface area contributed by atoms with E-state index in [1.54, 1.807) is 6.92 Å². The van der Waals surface area contributed by atoms with Crippen LogP contribution in [0.2, 0.25) is 0 Å². The van der Waals surface area contributed by atoms with E-state index in [4.69, 9.17) is 20.0 Å². The maximum absolute atomic E-state index is 13.5. The standard InChI is InChI=1S/C14H12FNO5/c1-7-8(4-12(21-7)14(18)19)6-20-9-2-3-10(13(16)17)11(15)5-9/h2-5H,6H2,1H3,(H2,16,17)(H,18,19). The summed E-state index contributed by atoms with van der Waals surface area (Å²) in [7, 11) is 0. The van der Waals surface area contributed by atoms with Gasteiger partial charge in [0.1, 0.15) is 23.9 Å². The SMILES string of the molecule is Cc1oc(C(=O)O)cc1COc1ccc(C(N)=O)c(F)c1. The lowest BCUT2D eigenvalue weighted by Gasteiger charge is -2.06. The van der Waals surface area contributed by atoms with E-state index in [9.17, 15) is 14.0 Å². The molecule has 0 saturated heterocycles. The van der Waals surface area contributed by atoms with Crippen LogP contribution in [-0.4, -0.2) is 17.0 Å². The minimum atomic E-state index is -1.18. The Bertz CT molecular complexity index is 707. The fourth-order valence-electron chi connectivity index (χ4n) is 1.72. The van der Waals surface area contributed by atoms with E-state index in [1.807, 2.05) is 0 Å². The first-order valence-corrected chi connectivity index (χ1v) is 5.93. The number of halogens is 1. The third-order valence-electron chi connectivity index (χ3n) is 2.83. The molecule has 2 aromatic rings. The Kier molecular flexibility index (Phi) is 3.93. The van der Waals surface area contributed by atoms with Crippen LogP contribution in [0.25, 0.3) is 0 Å². The minimum Gasteiger partial charge on any atom is -0.489 e. The van der Waals surface area contributed by atoms with Gasteiger partial charge in [0.25, 0.3) is 5.91 Å². The van der Waals surface area contributed by atoms with Gasteiger partial charge in [-0.25, -0.2) is 9.18 Å². The van der Waals surface area contributed by atoms with Crippen molar-refractivity contribution in [3.63, 3.8) is 0 Å². The van der Waals surface area contributed by atoms with Crippen LogP contribution in [0.5, 0.6) is 5.75 Å². The number of benzene rings is 1. The van der Waals surface area contributed by atoms with E-state index in [1.165, 1.54) is 18.2 Å². The predicted molar refractivity (Wildman–Crippen MR) is 69.7 cm³/mol. The number of ether oxygens (including phenoxy) is 1. The topological polar surface area (TPSA) is 103 Å². The summed E-state index contributed by atoms with van der Waals surface area (Å²) < 4.78 is 23.9. The lowest BCUT2D eigenvalue weighted by Crippen LogP contribution is -2.13. The highest BCUT2D eigenvalue weighted by Crippen LogP contribution is 2.20. The molecular weight excluding hydrogens is 281 g/mol. The lowest BCUT2D eigenvalue weighted by molar-refractivity contribution is 0.0660. The van der Waals surface area contributed by atoms with Crippen molar-refractivity contribution in [2.24, 2.45) is 5.73 Å². The maximum atomic E-state index is 13.5. The number of aromatic carboxylic acids is 1. The lowest BCUT2D eigenvalue weighted by atomic mass is 10.2. The maximum Gasteiger partial charge on any atom is 0.371 e. The predicted octanol–water partition coefficient (Wildman–Crippen LogP) is 2.10. The third kappa shape index (κ3) is 3.19. The number of carboxylic acids is 1. The Morgan fingerprint density at radius 3 is 2.62 bits per heavy atom. The largest absolute Gasteiger partial charge is 0.489 e. The van der Waals surface area contributed by atoms with Gasteiger partial charge in [-0.2, -0.15) is 0 Å². The third-order valence-corrected chi connectivity index (χ3v) is 2.83. The molecule has 0 aliphatic rings. The Morgan fingerprint density at radius 2 is 2.10 bits per heavy atom. The second-order valence-electron chi connectivity index (χ2n) is 4.29. The quantitative estimate of drug-likeness (QED) is 0.878. The monoisotopic (exact) mass is 293 g/mol. The van der Waals surface area contributed by atoms with Gasteiger partial charge in [-0.1, -0.05) is 0 Å². The first-order chi connectivity index (χ1) is 9.88. The number of carbonyl (C=O) groups is 2. The molecule has 0 radical (unpaired) electrons. The molecular formula is C14H12FNO5. The molecule has 2 rings (SSSR count). The highest BCUT2D eigenvalue weighted by Gasteiger charge is 2.14. The molecule has 0 aliphatic heterocycles. The van der Waals surface area contributed by atoms with Crippen LogP contribution >= 0.6 is 0 Å². The van der Waals surface area contributed by atoms with Crippen molar-refractivity contribution in [1.82, 2.24) is 0 Å². The van der Waals surface area contributed by atoms with Crippen LogP contribution in [0.15, 0.2) is 28.7 Å². The molecule has 6 nitrogen and oxygen atoms in total. The Hall–Kier alpha value is -2.83. The number of aryl methyl sites for hydroxylation is 1. The fraction of sp³-hybridized carbons (Fsp3) is 0.143. The average molecular weight is 293 g/mol. The molecule has 3 N–H and O–H groups in total. The molecule has 1 aromatic heterocycles. The molecule has 0 fully saturated rings. The van der Waals surface area contributed by atoms with Crippen LogP contribution in [0, 0.1) is 12.7 Å². The first-order valence-electron chi connectivity index (χ1n) is 5.93. The van der Waals surface area contributed by atoms with E-state index >= 15 is 0 Å². The number of furan rings is 1. The molecule has 1 heterocycles. The van der Waals surface area contributed by atoms with Gasteiger partial charge in [0.15, 0.2) is 0 Å². The summed E-state index contributed by atoms with van der Waals surface area (Å²) in [5.41, 5.74) is 5.30. The van der Waals surface area contributed by atoms with Crippen LogP contribution < -0.4 is 10.5 Å². The second kappa shape index (κ2) is 5.66. The minimum absolute atomic E-state index is 0.0119. The molecule has 0 aliphatic carbocycles. The van der Waals surface area contributed by atoms with Gasteiger partial charge < -0.3 is 20.0 Å². The molecule has 0 saturated carbocycles. The van der Waals surface area contributed by atoms with Crippen LogP contribution in [0.4, 0.5) is 4.39 Å². The zero-order chi connectivity index (χ0) is 15.6. The van der Waals surface area contributed by atoms with Crippen molar-refractivity contribution in [3.8, 4) is 5.75 Å². The van der Waals surface area contributed by atoms with Crippen molar-refractivity contribution in [3.05, 3.63) is 52.7 Å². The summed E-state index contributed by atoms with van der Waals surface area (Å²) in [4.78, 5) is 21.7. The molecule has 0 atom stereocenters. The van der Waals surface area contributed by atoms with Crippen LogP contribution in [0.3, 0.4) is 0 Å². The van der Waals surface area contributed by atoms with Crippen molar-refractivity contribution < 1.29 is 28.2 Å². The van der Waals surface area contributed by atoms with E-state index in [-0.39, 0.29) is 23.7 Å². The van der Waals surface area contributed by atoms with Gasteiger partial charge in [0.05, 0.1) is 5.56 Å². The van der Waals surface area contributed by atoms with Gasteiger partial charge in [-0.3, -0.25) is 4.79 Å². The van der Waals surface area contributed by atoms with Gasteiger partial charge in [-0.15, -0.1) is 0 Å². The number of hydrogen-bond acceptors (Lipinski definition) is 4. The first kappa shape index (κ1) is 14.6. The summed E-state index contributed by atoms with van der Waals surface area (Å²) in [6.45, 7) is 1.61. The number of carboxylic acid groups (broad SMARTS) is 1. The van der Waals surface area contributed by atoms with E-state index < -0.39 is 17.7 Å². The average Bonchev–Trinajstić information content (AvgIpc) is 2.77. The van der Waals surface area contributed by atoms with Gasteiger partial charge in [0, 0.05) is 11.6 Å². The molecule has 21 heavy (non-hydrogen) atoms. The summed E-state index contributed by atoms with van der Waals surface area (Å²) in [6, 6.07) is 4.99. The Balaban J connectivity index is 2.11. The number of primary amides is 1. The number of rotatable bonds is 5. The van der Waals surface area contributed by atoms with Crippen molar-refractivity contribution >= 4 is 11.9 Å². The fourth-order valence-corrected chi connectivity index (χ4v) is 1.72. The Morgan fingerprint density at radius 1 is 1.38 bits per heavy atom.